The Morgan fingerprint density at radius 2 is 1.77 bits per heavy atom. The monoisotopic (exact) mass is 227 g/mol. The van der Waals surface area contributed by atoms with Crippen LogP contribution in [0.5, 0.6) is 0 Å². The third kappa shape index (κ3) is 6.54. The Balaban J connectivity index is 0.00000144. The van der Waals surface area contributed by atoms with Crippen molar-refractivity contribution >= 4 is 19.9 Å². The summed E-state index contributed by atoms with van der Waals surface area (Å²) in [6, 6.07) is 9.09. The molecule has 1 aromatic carbocycles. The van der Waals surface area contributed by atoms with Crippen LogP contribution >= 0.6 is 10.8 Å². The first-order chi connectivity index (χ1) is 5.58. The molecular formula is C7H8NaO3S2+. The topological polar surface area (TPSA) is 54.4 Å². The Bertz CT molecular complexity index is 336. The van der Waals surface area contributed by atoms with Gasteiger partial charge in [-0.05, 0) is 5.56 Å². The maximum absolute atomic E-state index is 10.3. The second-order valence-corrected chi connectivity index (χ2v) is 5.53. The zero-order chi connectivity index (χ0) is 9.03. The van der Waals surface area contributed by atoms with E-state index in [0.717, 1.165) is 5.56 Å². The Labute approximate surface area is 103 Å². The van der Waals surface area contributed by atoms with Crippen molar-refractivity contribution in [3.05, 3.63) is 35.9 Å². The fourth-order valence-electron chi connectivity index (χ4n) is 0.717. The summed E-state index contributed by atoms with van der Waals surface area (Å²) in [5.41, 5.74) is 0.875. The van der Waals surface area contributed by atoms with Crippen molar-refractivity contribution in [3.63, 3.8) is 0 Å². The predicted molar refractivity (Wildman–Crippen MR) is 49.3 cm³/mol. The molecule has 0 aliphatic rings. The summed E-state index contributed by atoms with van der Waals surface area (Å²) in [5, 5.41) is 0. The van der Waals surface area contributed by atoms with Crippen molar-refractivity contribution in [3.8, 4) is 0 Å². The van der Waals surface area contributed by atoms with Crippen LogP contribution in [0.4, 0.5) is 0 Å². The molecule has 13 heavy (non-hydrogen) atoms. The minimum absolute atomic E-state index is 0. The molecule has 0 saturated carbocycles. The first-order valence-corrected chi connectivity index (χ1v) is 6.18. The van der Waals surface area contributed by atoms with E-state index in [0.29, 0.717) is 10.8 Å². The van der Waals surface area contributed by atoms with Gasteiger partial charge in [-0.25, -0.2) is 0 Å². The molecule has 0 amide bonds. The molecule has 0 aliphatic heterocycles. The Kier molecular flexibility index (Phi) is 6.28. The van der Waals surface area contributed by atoms with E-state index in [4.69, 9.17) is 4.55 Å². The third-order valence-corrected chi connectivity index (χ3v) is 3.21. The molecular weight excluding hydrogens is 219 g/mol. The Morgan fingerprint density at radius 1 is 1.23 bits per heavy atom. The summed E-state index contributed by atoms with van der Waals surface area (Å²) >= 11 is 0. The standard InChI is InChI=1S/C7H8O3S2.Na/c8-12(9,10)11-6-7-4-2-1-3-5-7;/h1-5H,6H2,(H,8,9,10);/q;+1. The zero-order valence-corrected chi connectivity index (χ0v) is 10.8. The Morgan fingerprint density at radius 3 is 2.23 bits per heavy atom. The van der Waals surface area contributed by atoms with Gasteiger partial charge >= 0.3 is 38.7 Å². The van der Waals surface area contributed by atoms with Gasteiger partial charge in [0.25, 0.3) is 0 Å². The van der Waals surface area contributed by atoms with Gasteiger partial charge in [-0.2, -0.15) is 8.42 Å². The van der Waals surface area contributed by atoms with E-state index in [-0.39, 0.29) is 35.3 Å². The van der Waals surface area contributed by atoms with Crippen molar-refractivity contribution in [1.82, 2.24) is 0 Å². The van der Waals surface area contributed by atoms with Gasteiger partial charge in [-0.1, -0.05) is 30.3 Å². The molecule has 1 aromatic rings. The second kappa shape index (κ2) is 6.06. The second-order valence-electron chi connectivity index (χ2n) is 2.18. The number of hydrogen-bond acceptors (Lipinski definition) is 3. The molecule has 1 rings (SSSR count). The summed E-state index contributed by atoms with van der Waals surface area (Å²) in [4.78, 5) is 0. The summed E-state index contributed by atoms with van der Waals surface area (Å²) < 4.78 is 29.1. The molecule has 0 heterocycles. The van der Waals surface area contributed by atoms with Crippen LogP contribution in [0.2, 0.25) is 0 Å². The molecule has 0 saturated heterocycles. The number of benzene rings is 1. The average molecular weight is 227 g/mol. The molecule has 0 atom stereocenters. The van der Waals surface area contributed by atoms with Crippen LogP contribution in [0.15, 0.2) is 30.3 Å². The fourth-order valence-corrected chi connectivity index (χ4v) is 2.05. The number of rotatable bonds is 3. The minimum Gasteiger partial charge on any atom is -0.277 e. The smallest absolute Gasteiger partial charge is 0.277 e. The first-order valence-electron chi connectivity index (χ1n) is 3.24. The minimum atomic E-state index is -3.91. The van der Waals surface area contributed by atoms with E-state index in [1.165, 1.54) is 0 Å². The van der Waals surface area contributed by atoms with Gasteiger partial charge in [-0.15, -0.1) is 0 Å². The van der Waals surface area contributed by atoms with Gasteiger partial charge in [0.1, 0.15) is 0 Å². The van der Waals surface area contributed by atoms with Crippen LogP contribution < -0.4 is 29.6 Å². The van der Waals surface area contributed by atoms with Gasteiger partial charge < -0.3 is 0 Å². The van der Waals surface area contributed by atoms with Crippen LogP contribution in [0.25, 0.3) is 0 Å². The van der Waals surface area contributed by atoms with Gasteiger partial charge in [0.2, 0.25) is 0 Å². The van der Waals surface area contributed by atoms with Crippen molar-refractivity contribution in [1.29, 1.82) is 0 Å². The van der Waals surface area contributed by atoms with Crippen molar-refractivity contribution in [2.45, 2.75) is 5.75 Å². The van der Waals surface area contributed by atoms with Crippen LogP contribution in [0.3, 0.4) is 0 Å². The summed E-state index contributed by atoms with van der Waals surface area (Å²) in [7, 11) is -3.39. The van der Waals surface area contributed by atoms with E-state index in [9.17, 15) is 8.42 Å². The molecule has 0 aliphatic carbocycles. The van der Waals surface area contributed by atoms with Gasteiger partial charge in [0.15, 0.2) is 0 Å². The van der Waals surface area contributed by atoms with Crippen LogP contribution in [-0.4, -0.2) is 13.0 Å². The van der Waals surface area contributed by atoms with E-state index in [2.05, 4.69) is 0 Å². The largest absolute Gasteiger partial charge is 1.00 e. The van der Waals surface area contributed by atoms with Crippen LogP contribution in [-0.2, 0) is 14.9 Å². The molecule has 0 spiro atoms. The summed E-state index contributed by atoms with van der Waals surface area (Å²) in [6.07, 6.45) is 0. The quantitative estimate of drug-likeness (QED) is 0.397. The molecule has 3 nitrogen and oxygen atoms in total. The maximum Gasteiger partial charge on any atom is 1.00 e. The molecule has 0 radical (unpaired) electrons. The van der Waals surface area contributed by atoms with Gasteiger partial charge in [0, 0.05) is 16.5 Å². The predicted octanol–water partition coefficient (Wildman–Crippen LogP) is -1.27. The van der Waals surface area contributed by atoms with Crippen LogP contribution in [0, 0.1) is 0 Å². The van der Waals surface area contributed by atoms with Crippen molar-refractivity contribution in [2.24, 2.45) is 0 Å². The first kappa shape index (κ1) is 13.5. The van der Waals surface area contributed by atoms with Crippen molar-refractivity contribution < 1.29 is 42.5 Å². The fraction of sp³-hybridized carbons (Fsp3) is 0.143. The normalized spacial score (nSPS) is 10.5. The third-order valence-electron chi connectivity index (χ3n) is 1.22. The maximum atomic E-state index is 10.3. The molecule has 0 unspecified atom stereocenters. The van der Waals surface area contributed by atoms with E-state index in [1.807, 2.05) is 18.2 Å². The van der Waals surface area contributed by atoms with Crippen LogP contribution in [0.1, 0.15) is 5.56 Å². The molecule has 0 bridgehead atoms. The zero-order valence-electron chi connectivity index (χ0n) is 7.17. The number of hydrogen-bond donors (Lipinski definition) is 1. The SMILES string of the molecule is O=S(=O)(O)SCc1ccccc1.[Na+]. The molecule has 0 fully saturated rings. The van der Waals surface area contributed by atoms with Crippen molar-refractivity contribution in [2.75, 3.05) is 0 Å². The average Bonchev–Trinajstić information content (AvgIpc) is 2.02. The van der Waals surface area contributed by atoms with E-state index < -0.39 is 9.15 Å². The molecule has 6 heteroatoms. The molecule has 0 aromatic heterocycles. The molecule has 66 valence electrons. The summed E-state index contributed by atoms with van der Waals surface area (Å²) in [5.74, 6) is 0.277. The van der Waals surface area contributed by atoms with Gasteiger partial charge in [0.05, 0.1) is 0 Å². The van der Waals surface area contributed by atoms with E-state index in [1.54, 1.807) is 12.1 Å². The summed E-state index contributed by atoms with van der Waals surface area (Å²) in [6.45, 7) is 0. The van der Waals surface area contributed by atoms with Gasteiger partial charge in [-0.3, -0.25) is 4.55 Å². The Hall–Kier alpha value is 0.480. The van der Waals surface area contributed by atoms with E-state index >= 15 is 0 Å². The molecule has 1 N–H and O–H groups in total.